The standard InChI is InChI=1S/C30H39N5O5S/c1-20-26(18-41-30-34-32-19-35(30)3)39-29(40-28(20)23-10-8-22(17-36)9-11-23)24-12-14-25(15-13-24)33-27(38)7-5-4-6-16-31-21(2)37/h8-15,19-20,26,28-29,36H,4-7,16-18H2,1-3H3,(H,31,37)(H,33,38)/t20-,26+,28+,29+/m1/s1. The van der Waals surface area contributed by atoms with E-state index in [2.05, 4.69) is 27.8 Å². The molecule has 4 rings (SSSR count). The smallest absolute Gasteiger partial charge is 0.224 e. The molecule has 0 spiro atoms. The van der Waals surface area contributed by atoms with Gasteiger partial charge in [-0.15, -0.1) is 10.2 Å². The molecule has 0 unspecified atom stereocenters. The largest absolute Gasteiger partial charge is 0.392 e. The molecule has 220 valence electrons. The van der Waals surface area contributed by atoms with Gasteiger partial charge in [0, 0.05) is 49.9 Å². The van der Waals surface area contributed by atoms with Crippen LogP contribution in [0.2, 0.25) is 0 Å². The van der Waals surface area contributed by atoms with Crippen LogP contribution >= 0.6 is 11.8 Å². The number of anilines is 1. The van der Waals surface area contributed by atoms with Gasteiger partial charge in [0.1, 0.15) is 6.33 Å². The number of aromatic nitrogens is 3. The van der Waals surface area contributed by atoms with Crippen LogP contribution in [0, 0.1) is 5.92 Å². The van der Waals surface area contributed by atoms with Crippen LogP contribution in [0.15, 0.2) is 60.0 Å². The van der Waals surface area contributed by atoms with Crippen molar-refractivity contribution in [1.82, 2.24) is 20.1 Å². The van der Waals surface area contributed by atoms with E-state index in [0.717, 1.165) is 41.1 Å². The number of hydrogen-bond acceptors (Lipinski definition) is 8. The second kappa shape index (κ2) is 15.1. The van der Waals surface area contributed by atoms with Crippen molar-refractivity contribution >= 4 is 29.3 Å². The summed E-state index contributed by atoms with van der Waals surface area (Å²) in [7, 11) is 1.92. The van der Waals surface area contributed by atoms with E-state index in [9.17, 15) is 14.7 Å². The Balaban J connectivity index is 1.39. The number of aliphatic hydroxyl groups excluding tert-OH is 1. The van der Waals surface area contributed by atoms with Gasteiger partial charge >= 0.3 is 0 Å². The van der Waals surface area contributed by atoms with E-state index in [1.165, 1.54) is 6.92 Å². The van der Waals surface area contributed by atoms with Crippen LogP contribution in [0.4, 0.5) is 5.69 Å². The molecule has 1 aromatic heterocycles. The molecule has 1 aliphatic heterocycles. The van der Waals surface area contributed by atoms with Crippen LogP contribution in [0.5, 0.6) is 0 Å². The van der Waals surface area contributed by atoms with E-state index < -0.39 is 6.29 Å². The van der Waals surface area contributed by atoms with Gasteiger partial charge < -0.3 is 29.8 Å². The number of aryl methyl sites for hydroxylation is 1. The lowest BCUT2D eigenvalue weighted by atomic mass is 9.91. The molecule has 0 bridgehead atoms. The van der Waals surface area contributed by atoms with Gasteiger partial charge in [-0.25, -0.2) is 0 Å². The molecule has 3 N–H and O–H groups in total. The number of aliphatic hydroxyl groups is 1. The summed E-state index contributed by atoms with van der Waals surface area (Å²) in [5.74, 6) is 0.665. The Bertz CT molecular complexity index is 1270. The van der Waals surface area contributed by atoms with Gasteiger partial charge in [0.2, 0.25) is 11.8 Å². The molecule has 0 saturated carbocycles. The maximum Gasteiger partial charge on any atom is 0.224 e. The van der Waals surface area contributed by atoms with Crippen molar-refractivity contribution in [3.63, 3.8) is 0 Å². The summed E-state index contributed by atoms with van der Waals surface area (Å²) >= 11 is 1.60. The summed E-state index contributed by atoms with van der Waals surface area (Å²) in [6.07, 6.45) is 3.68. The van der Waals surface area contributed by atoms with Gasteiger partial charge in [-0.2, -0.15) is 0 Å². The Morgan fingerprint density at radius 1 is 1.02 bits per heavy atom. The lowest BCUT2D eigenvalue weighted by molar-refractivity contribution is -0.268. The van der Waals surface area contributed by atoms with Crippen molar-refractivity contribution in [2.75, 3.05) is 17.6 Å². The molecule has 1 fully saturated rings. The number of carbonyl (C=O) groups excluding carboxylic acids is 2. The molecule has 1 aliphatic rings. The van der Waals surface area contributed by atoms with Crippen molar-refractivity contribution in [3.05, 3.63) is 71.5 Å². The topological polar surface area (TPSA) is 128 Å². The Hall–Kier alpha value is -3.25. The van der Waals surface area contributed by atoms with Crippen molar-refractivity contribution in [1.29, 1.82) is 0 Å². The monoisotopic (exact) mass is 581 g/mol. The molecular weight excluding hydrogens is 542 g/mol. The van der Waals surface area contributed by atoms with Gasteiger partial charge in [0.15, 0.2) is 11.4 Å². The fourth-order valence-corrected chi connectivity index (χ4v) is 5.72. The highest BCUT2D eigenvalue weighted by Gasteiger charge is 2.38. The van der Waals surface area contributed by atoms with E-state index in [4.69, 9.17) is 9.47 Å². The number of hydrogen-bond donors (Lipinski definition) is 3. The van der Waals surface area contributed by atoms with Crippen molar-refractivity contribution in [2.45, 2.75) is 69.8 Å². The molecule has 0 aliphatic carbocycles. The van der Waals surface area contributed by atoms with E-state index in [1.54, 1.807) is 18.1 Å². The summed E-state index contributed by atoms with van der Waals surface area (Å²) in [5, 5.41) is 24.2. The lowest BCUT2D eigenvalue weighted by Crippen LogP contribution is -2.38. The first kappa shape index (κ1) is 30.7. The first-order chi connectivity index (χ1) is 19.8. The van der Waals surface area contributed by atoms with Crippen molar-refractivity contribution < 1.29 is 24.2 Å². The van der Waals surface area contributed by atoms with Gasteiger partial charge in [-0.1, -0.05) is 61.5 Å². The molecule has 10 nitrogen and oxygen atoms in total. The van der Waals surface area contributed by atoms with Gasteiger partial charge in [-0.05, 0) is 36.1 Å². The van der Waals surface area contributed by atoms with E-state index in [0.29, 0.717) is 24.4 Å². The Labute approximate surface area is 245 Å². The predicted molar refractivity (Wildman–Crippen MR) is 157 cm³/mol. The molecule has 0 radical (unpaired) electrons. The minimum absolute atomic E-state index is 0.00838. The Morgan fingerprint density at radius 2 is 1.76 bits per heavy atom. The third-order valence-electron chi connectivity index (χ3n) is 7.09. The average molecular weight is 582 g/mol. The van der Waals surface area contributed by atoms with E-state index >= 15 is 0 Å². The van der Waals surface area contributed by atoms with E-state index in [1.807, 2.05) is 60.1 Å². The van der Waals surface area contributed by atoms with Crippen LogP contribution in [0.3, 0.4) is 0 Å². The van der Waals surface area contributed by atoms with E-state index in [-0.39, 0.29) is 36.5 Å². The molecule has 3 aromatic rings. The Morgan fingerprint density at radius 3 is 2.41 bits per heavy atom. The van der Waals surface area contributed by atoms with Gasteiger partial charge in [0.25, 0.3) is 0 Å². The zero-order valence-electron chi connectivity index (χ0n) is 23.8. The third-order valence-corrected chi connectivity index (χ3v) is 8.21. The quantitative estimate of drug-likeness (QED) is 0.199. The normalized spacial score (nSPS) is 20.5. The van der Waals surface area contributed by atoms with Crippen LogP contribution in [-0.4, -0.2) is 50.1 Å². The number of rotatable bonds is 13. The fourth-order valence-electron chi connectivity index (χ4n) is 4.67. The van der Waals surface area contributed by atoms with Crippen LogP contribution in [0.25, 0.3) is 0 Å². The van der Waals surface area contributed by atoms with Gasteiger partial charge in [-0.3, -0.25) is 9.59 Å². The molecule has 2 amide bonds. The number of nitrogens with zero attached hydrogens (tertiary/aromatic N) is 3. The van der Waals surface area contributed by atoms with Gasteiger partial charge in [0.05, 0.1) is 18.8 Å². The number of unbranched alkanes of at least 4 members (excludes halogenated alkanes) is 2. The van der Waals surface area contributed by atoms with Crippen LogP contribution < -0.4 is 10.6 Å². The molecule has 1 saturated heterocycles. The highest BCUT2D eigenvalue weighted by molar-refractivity contribution is 7.99. The maximum absolute atomic E-state index is 12.4. The van der Waals surface area contributed by atoms with Crippen LogP contribution in [-0.2, 0) is 32.7 Å². The first-order valence-corrected chi connectivity index (χ1v) is 14.9. The maximum atomic E-state index is 12.4. The number of thioether (sulfide) groups is 1. The minimum Gasteiger partial charge on any atom is -0.392 e. The van der Waals surface area contributed by atoms with Crippen molar-refractivity contribution in [2.24, 2.45) is 13.0 Å². The molecule has 2 aromatic carbocycles. The number of benzene rings is 2. The number of carbonyl (C=O) groups is 2. The number of amides is 2. The summed E-state index contributed by atoms with van der Waals surface area (Å²) in [6, 6.07) is 15.4. The number of ether oxygens (including phenoxy) is 2. The number of nitrogens with one attached hydrogen (secondary N) is 2. The van der Waals surface area contributed by atoms with Crippen LogP contribution in [0.1, 0.15) is 68.6 Å². The summed E-state index contributed by atoms with van der Waals surface area (Å²) < 4.78 is 14.9. The second-order valence-corrected chi connectivity index (χ2v) is 11.3. The minimum atomic E-state index is -0.591. The molecule has 4 atom stereocenters. The molecule has 41 heavy (non-hydrogen) atoms. The highest BCUT2D eigenvalue weighted by atomic mass is 32.2. The lowest BCUT2D eigenvalue weighted by Gasteiger charge is -2.41. The highest BCUT2D eigenvalue weighted by Crippen LogP contribution is 2.43. The Kier molecular flexibility index (Phi) is 11.3. The summed E-state index contributed by atoms with van der Waals surface area (Å²) in [6.45, 7) is 4.25. The van der Waals surface area contributed by atoms with Crippen molar-refractivity contribution in [3.8, 4) is 0 Å². The second-order valence-electron chi connectivity index (χ2n) is 10.3. The SMILES string of the molecule is CC(=O)NCCCCCC(=O)Nc1ccc([C@H]2O[C@@H](CSc3nncn3C)[C@@H](C)[C@@H](c3ccc(CO)cc3)O2)cc1. The molecule has 2 heterocycles. The zero-order valence-corrected chi connectivity index (χ0v) is 24.6. The molecule has 11 heteroatoms. The average Bonchev–Trinajstić information content (AvgIpc) is 3.39. The summed E-state index contributed by atoms with van der Waals surface area (Å²) in [4.78, 5) is 23.3. The third kappa shape index (κ3) is 8.87. The fraction of sp³-hybridized carbons (Fsp3) is 0.467. The first-order valence-electron chi connectivity index (χ1n) is 14.0. The summed E-state index contributed by atoms with van der Waals surface area (Å²) in [5.41, 5.74) is 3.45. The molecular formula is C30H39N5O5S. The predicted octanol–water partition coefficient (Wildman–Crippen LogP) is 4.53. The zero-order chi connectivity index (χ0) is 29.2.